The highest BCUT2D eigenvalue weighted by Gasteiger charge is 2.11. The molecule has 0 bridgehead atoms. The van der Waals surface area contributed by atoms with Crippen molar-refractivity contribution in [1.82, 2.24) is 5.32 Å². The number of carbonyl (C=O) groups is 1. The molecule has 0 spiro atoms. The molecule has 0 saturated heterocycles. The maximum absolute atomic E-state index is 13.4. The van der Waals surface area contributed by atoms with Crippen molar-refractivity contribution in [3.63, 3.8) is 0 Å². The van der Waals surface area contributed by atoms with Crippen LogP contribution < -0.4 is 5.32 Å². The molecule has 0 radical (unpaired) electrons. The van der Waals surface area contributed by atoms with Gasteiger partial charge in [0.15, 0.2) is 0 Å². The number of nitriles is 1. The van der Waals surface area contributed by atoms with Crippen molar-refractivity contribution in [2.75, 3.05) is 6.54 Å². The maximum atomic E-state index is 13.4. The first-order valence-corrected chi connectivity index (χ1v) is 4.98. The number of benzene rings is 1. The summed E-state index contributed by atoms with van der Waals surface area (Å²) in [5.74, 6) is -1.31. The molecule has 3 nitrogen and oxygen atoms in total. The molecule has 1 rings (SSSR count). The number of nitrogens with one attached hydrogen (secondary N) is 1. The normalized spacial score (nSPS) is 11.6. The number of hydrogen-bond donors (Lipinski definition) is 1. The van der Waals surface area contributed by atoms with Gasteiger partial charge in [0, 0.05) is 6.54 Å². The van der Waals surface area contributed by atoms with Crippen molar-refractivity contribution in [3.05, 3.63) is 35.1 Å². The van der Waals surface area contributed by atoms with Gasteiger partial charge in [-0.1, -0.05) is 6.07 Å². The first kappa shape index (κ1) is 12.2. The molecule has 0 aliphatic carbocycles. The number of amides is 1. The lowest BCUT2D eigenvalue weighted by molar-refractivity contribution is 0.0947. The minimum absolute atomic E-state index is 0.00994. The fourth-order valence-electron chi connectivity index (χ4n) is 1.19. The van der Waals surface area contributed by atoms with Crippen LogP contribution in [0.15, 0.2) is 18.2 Å². The highest BCUT2D eigenvalue weighted by Crippen LogP contribution is 2.09. The van der Waals surface area contributed by atoms with E-state index in [0.717, 1.165) is 5.56 Å². The molecule has 0 saturated carbocycles. The third kappa shape index (κ3) is 3.06. The van der Waals surface area contributed by atoms with Gasteiger partial charge in [0.1, 0.15) is 5.82 Å². The minimum Gasteiger partial charge on any atom is -0.351 e. The van der Waals surface area contributed by atoms with Crippen LogP contribution >= 0.6 is 0 Å². The van der Waals surface area contributed by atoms with Crippen LogP contribution in [-0.2, 0) is 0 Å². The van der Waals surface area contributed by atoms with Gasteiger partial charge < -0.3 is 5.32 Å². The van der Waals surface area contributed by atoms with Crippen LogP contribution in [0.25, 0.3) is 0 Å². The van der Waals surface area contributed by atoms with E-state index in [1.165, 1.54) is 12.1 Å². The minimum atomic E-state index is -0.540. The quantitative estimate of drug-likeness (QED) is 0.847. The Morgan fingerprint density at radius 2 is 2.31 bits per heavy atom. The number of aryl methyl sites for hydroxylation is 1. The van der Waals surface area contributed by atoms with E-state index in [9.17, 15) is 9.18 Å². The van der Waals surface area contributed by atoms with E-state index in [1.807, 2.05) is 6.07 Å². The molecule has 0 aliphatic heterocycles. The predicted molar refractivity (Wildman–Crippen MR) is 58.2 cm³/mol. The molecule has 1 atom stereocenters. The van der Waals surface area contributed by atoms with Gasteiger partial charge in [-0.3, -0.25) is 4.79 Å². The van der Waals surface area contributed by atoms with Crippen molar-refractivity contribution in [2.45, 2.75) is 13.8 Å². The summed E-state index contributed by atoms with van der Waals surface area (Å²) in [5, 5.41) is 11.0. The number of rotatable bonds is 3. The summed E-state index contributed by atoms with van der Waals surface area (Å²) in [6.07, 6.45) is 0. The molecular formula is C12H13FN2O. The third-order valence-electron chi connectivity index (χ3n) is 2.16. The van der Waals surface area contributed by atoms with Gasteiger partial charge in [0.2, 0.25) is 0 Å². The van der Waals surface area contributed by atoms with Crippen LogP contribution in [-0.4, -0.2) is 12.5 Å². The number of hydrogen-bond acceptors (Lipinski definition) is 2. The predicted octanol–water partition coefficient (Wildman–Crippen LogP) is 2.02. The van der Waals surface area contributed by atoms with Crippen LogP contribution in [0.2, 0.25) is 0 Å². The Morgan fingerprint density at radius 1 is 1.62 bits per heavy atom. The Bertz CT molecular complexity index is 437. The second-order valence-electron chi connectivity index (χ2n) is 3.72. The lowest BCUT2D eigenvalue weighted by atomic mass is 10.1. The average molecular weight is 220 g/mol. The highest BCUT2D eigenvalue weighted by atomic mass is 19.1. The van der Waals surface area contributed by atoms with Crippen molar-refractivity contribution in [1.29, 1.82) is 5.26 Å². The summed E-state index contributed by atoms with van der Waals surface area (Å²) in [4.78, 5) is 11.5. The summed E-state index contributed by atoms with van der Waals surface area (Å²) in [5.41, 5.74) is 0.773. The van der Waals surface area contributed by atoms with Crippen LogP contribution in [0.5, 0.6) is 0 Å². The van der Waals surface area contributed by atoms with Crippen LogP contribution in [0, 0.1) is 30.0 Å². The Balaban J connectivity index is 2.71. The number of nitrogens with zero attached hydrogens (tertiary/aromatic N) is 1. The van der Waals surface area contributed by atoms with E-state index in [-0.39, 0.29) is 18.0 Å². The van der Waals surface area contributed by atoms with Gasteiger partial charge in [-0.15, -0.1) is 0 Å². The second kappa shape index (κ2) is 5.26. The first-order valence-electron chi connectivity index (χ1n) is 4.98. The Morgan fingerprint density at radius 3 is 2.88 bits per heavy atom. The van der Waals surface area contributed by atoms with Crippen molar-refractivity contribution >= 4 is 5.91 Å². The summed E-state index contributed by atoms with van der Waals surface area (Å²) in [6, 6.07) is 6.41. The molecule has 0 heterocycles. The summed E-state index contributed by atoms with van der Waals surface area (Å²) in [7, 11) is 0. The fraction of sp³-hybridized carbons (Fsp3) is 0.333. The molecule has 0 aromatic heterocycles. The zero-order valence-corrected chi connectivity index (χ0v) is 9.25. The maximum Gasteiger partial charge on any atom is 0.254 e. The van der Waals surface area contributed by atoms with E-state index in [4.69, 9.17) is 5.26 Å². The molecule has 1 amide bonds. The van der Waals surface area contributed by atoms with Gasteiger partial charge in [-0.2, -0.15) is 5.26 Å². The molecule has 4 heteroatoms. The molecule has 16 heavy (non-hydrogen) atoms. The molecule has 0 fully saturated rings. The van der Waals surface area contributed by atoms with Gasteiger partial charge in [-0.05, 0) is 31.5 Å². The van der Waals surface area contributed by atoms with E-state index < -0.39 is 11.7 Å². The van der Waals surface area contributed by atoms with Crippen LogP contribution in [0.1, 0.15) is 22.8 Å². The van der Waals surface area contributed by atoms with Crippen LogP contribution in [0.3, 0.4) is 0 Å². The van der Waals surface area contributed by atoms with Crippen molar-refractivity contribution in [2.24, 2.45) is 5.92 Å². The number of halogens is 1. The Labute approximate surface area is 93.9 Å². The van der Waals surface area contributed by atoms with E-state index >= 15 is 0 Å². The van der Waals surface area contributed by atoms with Crippen molar-refractivity contribution < 1.29 is 9.18 Å². The molecule has 1 aromatic carbocycles. The molecule has 84 valence electrons. The molecule has 1 unspecified atom stereocenters. The molecular weight excluding hydrogens is 207 g/mol. The molecule has 1 N–H and O–H groups in total. The van der Waals surface area contributed by atoms with Gasteiger partial charge in [-0.25, -0.2) is 4.39 Å². The summed E-state index contributed by atoms with van der Waals surface area (Å²) in [6.45, 7) is 3.66. The van der Waals surface area contributed by atoms with Gasteiger partial charge in [0.25, 0.3) is 5.91 Å². The highest BCUT2D eigenvalue weighted by molar-refractivity contribution is 5.94. The van der Waals surface area contributed by atoms with Gasteiger partial charge in [0.05, 0.1) is 17.6 Å². The second-order valence-corrected chi connectivity index (χ2v) is 3.72. The Kier molecular flexibility index (Phi) is 4.01. The smallest absolute Gasteiger partial charge is 0.254 e. The van der Waals surface area contributed by atoms with Gasteiger partial charge >= 0.3 is 0 Å². The lowest BCUT2D eigenvalue weighted by Crippen LogP contribution is -2.28. The standard InChI is InChI=1S/C12H13FN2O/c1-8-3-4-10(11(13)5-8)12(16)15-7-9(2)6-14/h3-5,9H,7H2,1-2H3,(H,15,16). The third-order valence-corrected chi connectivity index (χ3v) is 2.16. The summed E-state index contributed by atoms with van der Waals surface area (Å²) < 4.78 is 13.4. The first-order chi connectivity index (χ1) is 7.54. The SMILES string of the molecule is Cc1ccc(C(=O)NCC(C)C#N)c(F)c1. The summed E-state index contributed by atoms with van der Waals surface area (Å²) >= 11 is 0. The molecule has 0 aliphatic rings. The largest absolute Gasteiger partial charge is 0.351 e. The van der Waals surface area contributed by atoms with E-state index in [0.29, 0.717) is 0 Å². The fourth-order valence-corrected chi connectivity index (χ4v) is 1.19. The lowest BCUT2D eigenvalue weighted by Gasteiger charge is -2.07. The zero-order chi connectivity index (χ0) is 12.1. The number of carbonyl (C=O) groups excluding carboxylic acids is 1. The topological polar surface area (TPSA) is 52.9 Å². The van der Waals surface area contributed by atoms with Crippen LogP contribution in [0.4, 0.5) is 4.39 Å². The zero-order valence-electron chi connectivity index (χ0n) is 9.25. The Hall–Kier alpha value is -1.89. The monoisotopic (exact) mass is 220 g/mol. The van der Waals surface area contributed by atoms with Crippen molar-refractivity contribution in [3.8, 4) is 6.07 Å². The van der Waals surface area contributed by atoms with E-state index in [2.05, 4.69) is 5.32 Å². The molecule has 1 aromatic rings. The average Bonchev–Trinajstić information content (AvgIpc) is 2.25. The van der Waals surface area contributed by atoms with E-state index in [1.54, 1.807) is 19.9 Å².